The van der Waals surface area contributed by atoms with Crippen LogP contribution in [0.1, 0.15) is 42.1 Å². The summed E-state index contributed by atoms with van der Waals surface area (Å²) in [7, 11) is 0. The lowest BCUT2D eigenvalue weighted by atomic mass is 10.0. The topological polar surface area (TPSA) is 81.1 Å². The van der Waals surface area contributed by atoms with E-state index < -0.39 is 0 Å². The molecule has 0 aliphatic carbocycles. The van der Waals surface area contributed by atoms with Gasteiger partial charge in [0.05, 0.1) is 22.3 Å². The SMILES string of the molecule is CC(C)c1nnsc1C(Cc1cn2ccsc2n1)NN. The highest BCUT2D eigenvalue weighted by Crippen LogP contribution is 2.28. The normalized spacial score (nSPS) is 13.4. The first-order valence-corrected chi connectivity index (χ1v) is 8.03. The number of fused-ring (bicyclic) bond motifs is 1. The summed E-state index contributed by atoms with van der Waals surface area (Å²) < 4.78 is 6.09. The number of nitrogens with zero attached hydrogens (tertiary/aromatic N) is 4. The van der Waals surface area contributed by atoms with E-state index in [9.17, 15) is 0 Å². The molecule has 0 bridgehead atoms. The molecule has 1 atom stereocenters. The standard InChI is InChI=1S/C12H16N6S2/c1-7(2)10-11(20-17-16-10)9(15-13)5-8-6-18-3-4-19-12(18)14-8/h3-4,6-7,9,15H,5,13H2,1-2H3. The van der Waals surface area contributed by atoms with Gasteiger partial charge < -0.3 is 0 Å². The van der Waals surface area contributed by atoms with Crippen molar-refractivity contribution in [3.8, 4) is 0 Å². The number of nitrogens with one attached hydrogen (secondary N) is 1. The molecule has 0 amide bonds. The molecule has 3 rings (SSSR count). The smallest absolute Gasteiger partial charge is 0.193 e. The Morgan fingerprint density at radius 3 is 3.00 bits per heavy atom. The molecule has 1 unspecified atom stereocenters. The number of aromatic nitrogens is 4. The molecule has 0 aliphatic heterocycles. The fourth-order valence-corrected chi connectivity index (χ4v) is 3.74. The first-order chi connectivity index (χ1) is 9.69. The van der Waals surface area contributed by atoms with Crippen LogP contribution in [0.4, 0.5) is 0 Å². The van der Waals surface area contributed by atoms with Crippen molar-refractivity contribution in [1.29, 1.82) is 0 Å². The lowest BCUT2D eigenvalue weighted by Crippen LogP contribution is -2.30. The summed E-state index contributed by atoms with van der Waals surface area (Å²) in [5, 5.41) is 6.23. The minimum Gasteiger partial charge on any atom is -0.297 e. The van der Waals surface area contributed by atoms with E-state index in [0.29, 0.717) is 5.92 Å². The Balaban J connectivity index is 1.86. The molecule has 0 saturated heterocycles. The molecule has 3 aromatic rings. The monoisotopic (exact) mass is 308 g/mol. The molecule has 20 heavy (non-hydrogen) atoms. The van der Waals surface area contributed by atoms with Crippen LogP contribution in [0, 0.1) is 0 Å². The van der Waals surface area contributed by atoms with E-state index in [1.807, 2.05) is 22.2 Å². The van der Waals surface area contributed by atoms with Crippen molar-refractivity contribution in [3.05, 3.63) is 34.0 Å². The van der Waals surface area contributed by atoms with Gasteiger partial charge in [-0.2, -0.15) is 0 Å². The van der Waals surface area contributed by atoms with E-state index in [1.165, 1.54) is 11.5 Å². The van der Waals surface area contributed by atoms with E-state index in [4.69, 9.17) is 5.84 Å². The van der Waals surface area contributed by atoms with E-state index in [1.54, 1.807) is 11.3 Å². The lowest BCUT2D eigenvalue weighted by molar-refractivity contribution is 0.546. The van der Waals surface area contributed by atoms with E-state index in [0.717, 1.165) is 27.6 Å². The predicted octanol–water partition coefficient (Wildman–Crippen LogP) is 2.12. The first kappa shape index (κ1) is 13.6. The van der Waals surface area contributed by atoms with Crippen molar-refractivity contribution in [2.75, 3.05) is 0 Å². The number of rotatable bonds is 5. The zero-order valence-electron chi connectivity index (χ0n) is 11.3. The third kappa shape index (κ3) is 2.47. The molecule has 3 aromatic heterocycles. The van der Waals surface area contributed by atoms with Crippen molar-refractivity contribution in [1.82, 2.24) is 24.4 Å². The fourth-order valence-electron chi connectivity index (χ4n) is 2.16. The molecular weight excluding hydrogens is 292 g/mol. The zero-order valence-corrected chi connectivity index (χ0v) is 12.9. The van der Waals surface area contributed by atoms with Gasteiger partial charge in [-0.3, -0.25) is 15.7 Å². The Morgan fingerprint density at radius 2 is 2.30 bits per heavy atom. The van der Waals surface area contributed by atoms with Crippen LogP contribution in [-0.4, -0.2) is 19.0 Å². The summed E-state index contributed by atoms with van der Waals surface area (Å²) in [6.45, 7) is 4.22. The number of hydrogen-bond acceptors (Lipinski definition) is 7. The van der Waals surface area contributed by atoms with Gasteiger partial charge in [0.2, 0.25) is 0 Å². The maximum atomic E-state index is 5.72. The van der Waals surface area contributed by atoms with Crippen LogP contribution >= 0.6 is 22.9 Å². The average Bonchev–Trinajstić information content (AvgIpc) is 3.10. The summed E-state index contributed by atoms with van der Waals surface area (Å²) in [5.74, 6) is 6.06. The van der Waals surface area contributed by atoms with Crippen LogP contribution < -0.4 is 11.3 Å². The van der Waals surface area contributed by atoms with Gasteiger partial charge in [-0.25, -0.2) is 4.98 Å². The number of imidazole rings is 1. The Morgan fingerprint density at radius 1 is 1.45 bits per heavy atom. The van der Waals surface area contributed by atoms with Crippen molar-refractivity contribution in [2.45, 2.75) is 32.2 Å². The van der Waals surface area contributed by atoms with Gasteiger partial charge in [-0.15, -0.1) is 16.4 Å². The Hall–Kier alpha value is -1.35. The molecule has 8 heteroatoms. The van der Waals surface area contributed by atoms with Crippen LogP contribution in [0.25, 0.3) is 4.96 Å². The summed E-state index contributed by atoms with van der Waals surface area (Å²) in [6, 6.07) is -0.00277. The van der Waals surface area contributed by atoms with Crippen LogP contribution in [0.15, 0.2) is 17.8 Å². The predicted molar refractivity (Wildman–Crippen MR) is 80.8 cm³/mol. The number of hydrazine groups is 1. The molecule has 0 fully saturated rings. The largest absolute Gasteiger partial charge is 0.297 e. The van der Waals surface area contributed by atoms with Gasteiger partial charge in [0, 0.05) is 24.2 Å². The Labute approximate surface area is 124 Å². The van der Waals surface area contributed by atoms with Crippen LogP contribution in [-0.2, 0) is 6.42 Å². The van der Waals surface area contributed by atoms with Crippen LogP contribution in [0.2, 0.25) is 0 Å². The lowest BCUT2D eigenvalue weighted by Gasteiger charge is -2.14. The molecule has 106 valence electrons. The minimum absolute atomic E-state index is 0.00277. The molecule has 0 radical (unpaired) electrons. The van der Waals surface area contributed by atoms with Gasteiger partial charge >= 0.3 is 0 Å². The average molecular weight is 308 g/mol. The zero-order chi connectivity index (χ0) is 14.1. The second-order valence-electron chi connectivity index (χ2n) is 4.93. The Bertz CT molecular complexity index is 669. The number of thiazole rings is 1. The van der Waals surface area contributed by atoms with Gasteiger partial charge in [0.1, 0.15) is 0 Å². The highest BCUT2D eigenvalue weighted by atomic mass is 32.1. The second-order valence-corrected chi connectivity index (χ2v) is 6.58. The quantitative estimate of drug-likeness (QED) is 0.557. The van der Waals surface area contributed by atoms with E-state index in [2.05, 4.69) is 33.8 Å². The highest BCUT2D eigenvalue weighted by Gasteiger charge is 2.21. The molecule has 0 aromatic carbocycles. The van der Waals surface area contributed by atoms with Crippen molar-refractivity contribution >= 4 is 27.8 Å². The minimum atomic E-state index is -0.00277. The first-order valence-electron chi connectivity index (χ1n) is 6.38. The summed E-state index contributed by atoms with van der Waals surface area (Å²) in [4.78, 5) is 6.69. The molecular formula is C12H16N6S2. The molecule has 3 heterocycles. The van der Waals surface area contributed by atoms with Crippen molar-refractivity contribution in [3.63, 3.8) is 0 Å². The van der Waals surface area contributed by atoms with E-state index >= 15 is 0 Å². The van der Waals surface area contributed by atoms with Crippen molar-refractivity contribution in [2.24, 2.45) is 5.84 Å². The fraction of sp³-hybridized carbons (Fsp3) is 0.417. The maximum Gasteiger partial charge on any atom is 0.193 e. The molecule has 0 saturated carbocycles. The van der Waals surface area contributed by atoms with Gasteiger partial charge in [0.25, 0.3) is 0 Å². The van der Waals surface area contributed by atoms with Crippen LogP contribution in [0.5, 0.6) is 0 Å². The van der Waals surface area contributed by atoms with Gasteiger partial charge in [0.15, 0.2) is 4.96 Å². The van der Waals surface area contributed by atoms with Crippen molar-refractivity contribution < 1.29 is 0 Å². The molecule has 0 spiro atoms. The molecule has 6 nitrogen and oxygen atoms in total. The third-order valence-electron chi connectivity index (χ3n) is 3.16. The Kier molecular flexibility index (Phi) is 3.79. The summed E-state index contributed by atoms with van der Waals surface area (Å²) >= 11 is 3.03. The van der Waals surface area contributed by atoms with Gasteiger partial charge in [-0.1, -0.05) is 18.3 Å². The summed E-state index contributed by atoms with van der Waals surface area (Å²) in [6.07, 6.45) is 4.78. The third-order valence-corrected chi connectivity index (χ3v) is 4.79. The second kappa shape index (κ2) is 5.57. The van der Waals surface area contributed by atoms with E-state index in [-0.39, 0.29) is 6.04 Å². The molecule has 0 aliphatic rings. The number of nitrogens with two attached hydrogens (primary N) is 1. The summed E-state index contributed by atoms with van der Waals surface area (Å²) in [5.41, 5.74) is 4.90. The highest BCUT2D eigenvalue weighted by molar-refractivity contribution is 7.15. The van der Waals surface area contributed by atoms with Crippen LogP contribution in [0.3, 0.4) is 0 Å². The number of hydrogen-bond donors (Lipinski definition) is 2. The molecule has 3 N–H and O–H groups in total. The maximum absolute atomic E-state index is 5.72. The van der Waals surface area contributed by atoms with Gasteiger partial charge in [-0.05, 0) is 17.5 Å².